The van der Waals surface area contributed by atoms with Crippen LogP contribution < -0.4 is 17.0 Å². The predicted octanol–water partition coefficient (Wildman–Crippen LogP) is 10.2. The van der Waals surface area contributed by atoms with Crippen molar-refractivity contribution in [3.63, 3.8) is 0 Å². The molecule has 1 aliphatic rings. The van der Waals surface area contributed by atoms with Gasteiger partial charge in [0.05, 0.1) is 45.6 Å². The smallest absolute Gasteiger partial charge is 0.326 e. The highest BCUT2D eigenvalue weighted by molar-refractivity contribution is 5.93. The maximum Gasteiger partial charge on any atom is 0.326 e. The second kappa shape index (κ2) is 22.6. The molecule has 0 atom stereocenters. The molecule has 8 aromatic rings. The number of hydrogen-bond acceptors (Lipinski definition) is 11. The minimum atomic E-state index is -1.10. The number of H-pyrrole nitrogens is 3. The van der Waals surface area contributed by atoms with Crippen molar-refractivity contribution in [3.05, 3.63) is 176 Å². The van der Waals surface area contributed by atoms with Crippen molar-refractivity contribution in [2.75, 3.05) is 0 Å². The van der Waals surface area contributed by atoms with Gasteiger partial charge in [0.15, 0.2) is 0 Å². The minimum Gasteiger partial charge on any atom is -0.399 e. The van der Waals surface area contributed by atoms with Crippen LogP contribution in [0.25, 0.3) is 67.4 Å². The summed E-state index contributed by atoms with van der Waals surface area (Å²) < 4.78 is 13.9. The summed E-state index contributed by atoms with van der Waals surface area (Å²) in [6.07, 6.45) is 8.85. The molecule has 0 amide bonds. The van der Waals surface area contributed by atoms with Crippen LogP contribution in [0.5, 0.6) is 0 Å². The van der Waals surface area contributed by atoms with E-state index in [0.29, 0.717) is 28.2 Å². The SMILES string of the molecule is C=C(N)c1cc(-c2ccc(C#CC(C)(C)O)nc2C(C)C)ccc1F.CC(C)c1nc(-c2cn[nH]n2)ccc1-c1cnc2c(c1)C=CC2.CC(C)c1nc(C#CC(C)(C)O)ccc1-c1cccc2c(=O)[nH]c(=O)[nH]c12. The lowest BCUT2D eigenvalue weighted by Crippen LogP contribution is -2.22. The Kier molecular flexibility index (Phi) is 16.3. The van der Waals surface area contributed by atoms with Crippen molar-refractivity contribution in [3.8, 4) is 68.5 Å². The molecule has 9 rings (SSSR count). The van der Waals surface area contributed by atoms with E-state index in [4.69, 9.17) is 10.7 Å². The molecule has 6 heterocycles. The number of rotatable bonds is 8. The fourth-order valence-corrected chi connectivity index (χ4v) is 8.13. The van der Waals surface area contributed by atoms with Crippen LogP contribution in [0, 0.1) is 29.5 Å². The van der Waals surface area contributed by atoms with Crippen molar-refractivity contribution < 1.29 is 14.6 Å². The second-order valence-electron chi connectivity index (χ2n) is 20.0. The molecular formula is C60H61FN10O4. The molecule has 75 heavy (non-hydrogen) atoms. The Balaban J connectivity index is 0.000000164. The van der Waals surface area contributed by atoms with Gasteiger partial charge in [0.2, 0.25) is 0 Å². The first-order valence-electron chi connectivity index (χ1n) is 24.5. The molecule has 7 N–H and O–H groups in total. The zero-order chi connectivity index (χ0) is 54.4. The molecule has 15 heteroatoms. The molecule has 0 bridgehead atoms. The van der Waals surface area contributed by atoms with Crippen molar-refractivity contribution >= 4 is 22.7 Å². The first kappa shape index (κ1) is 54.2. The number of fused-ring (bicyclic) bond motifs is 2. The monoisotopic (exact) mass is 1000 g/mol. The number of aromatic amines is 3. The molecule has 0 spiro atoms. The van der Waals surface area contributed by atoms with Gasteiger partial charge in [-0.1, -0.05) is 96.4 Å². The molecule has 14 nitrogen and oxygen atoms in total. The van der Waals surface area contributed by atoms with Gasteiger partial charge in [-0.25, -0.2) is 19.2 Å². The lowest BCUT2D eigenvalue weighted by atomic mass is 9.95. The molecule has 0 saturated heterocycles. The Morgan fingerprint density at radius 1 is 0.707 bits per heavy atom. The Labute approximate surface area is 435 Å². The quantitative estimate of drug-likeness (QED) is 0.0785. The molecule has 382 valence electrons. The molecule has 6 aromatic heterocycles. The van der Waals surface area contributed by atoms with Crippen LogP contribution in [0.4, 0.5) is 4.39 Å². The largest absolute Gasteiger partial charge is 0.399 e. The minimum absolute atomic E-state index is 0.0906. The van der Waals surface area contributed by atoms with E-state index in [1.807, 2.05) is 58.2 Å². The van der Waals surface area contributed by atoms with Gasteiger partial charge in [-0.2, -0.15) is 15.4 Å². The van der Waals surface area contributed by atoms with Gasteiger partial charge in [-0.3, -0.25) is 19.7 Å². The maximum absolute atomic E-state index is 13.9. The third-order valence-electron chi connectivity index (χ3n) is 11.7. The number of aliphatic hydroxyl groups is 2. The Morgan fingerprint density at radius 2 is 1.31 bits per heavy atom. The zero-order valence-electron chi connectivity index (χ0n) is 43.8. The van der Waals surface area contributed by atoms with Crippen LogP contribution in [0.1, 0.15) is 132 Å². The highest BCUT2D eigenvalue weighted by Crippen LogP contribution is 2.34. The van der Waals surface area contributed by atoms with Gasteiger partial charge >= 0.3 is 5.69 Å². The number of pyridine rings is 4. The number of para-hydroxylation sites is 1. The lowest BCUT2D eigenvalue weighted by molar-refractivity contribution is 0.143. The van der Waals surface area contributed by atoms with Crippen molar-refractivity contribution in [1.29, 1.82) is 0 Å². The maximum atomic E-state index is 13.9. The molecular weight excluding hydrogens is 944 g/mol. The van der Waals surface area contributed by atoms with Gasteiger partial charge in [-0.15, -0.1) is 0 Å². The molecule has 0 radical (unpaired) electrons. The molecule has 0 saturated carbocycles. The molecule has 2 aromatic carbocycles. The van der Waals surface area contributed by atoms with Gasteiger partial charge in [0, 0.05) is 51.7 Å². The average Bonchev–Trinajstić information content (AvgIpc) is 4.08. The zero-order valence-corrected chi connectivity index (χ0v) is 43.8. The number of benzene rings is 2. The highest BCUT2D eigenvalue weighted by Gasteiger charge is 2.19. The summed E-state index contributed by atoms with van der Waals surface area (Å²) >= 11 is 0. The number of nitrogens with one attached hydrogen (secondary N) is 3. The van der Waals surface area contributed by atoms with Crippen molar-refractivity contribution in [1.82, 2.24) is 45.3 Å². The number of aromatic nitrogens is 9. The normalized spacial score (nSPS) is 11.8. The summed E-state index contributed by atoms with van der Waals surface area (Å²) in [4.78, 5) is 47.5. The highest BCUT2D eigenvalue weighted by atomic mass is 19.1. The van der Waals surface area contributed by atoms with Crippen LogP contribution in [-0.2, 0) is 6.42 Å². The second-order valence-corrected chi connectivity index (χ2v) is 20.0. The summed E-state index contributed by atoms with van der Waals surface area (Å²) in [5.74, 6) is 11.4. The van der Waals surface area contributed by atoms with E-state index in [9.17, 15) is 24.2 Å². The van der Waals surface area contributed by atoms with E-state index in [0.717, 1.165) is 74.0 Å². The van der Waals surface area contributed by atoms with Gasteiger partial charge in [0.1, 0.15) is 34.1 Å². The van der Waals surface area contributed by atoms with Crippen molar-refractivity contribution in [2.24, 2.45) is 5.73 Å². The van der Waals surface area contributed by atoms with E-state index in [-0.39, 0.29) is 23.1 Å². The van der Waals surface area contributed by atoms with Gasteiger partial charge < -0.3 is 20.9 Å². The fraction of sp³-hybridized carbons (Fsp3) is 0.267. The summed E-state index contributed by atoms with van der Waals surface area (Å²) in [7, 11) is 0. The van der Waals surface area contributed by atoms with Crippen molar-refractivity contribution in [2.45, 2.75) is 105 Å². The first-order chi connectivity index (χ1) is 35.5. The van der Waals surface area contributed by atoms with Crippen LogP contribution in [0.2, 0.25) is 0 Å². The first-order valence-corrected chi connectivity index (χ1v) is 24.5. The average molecular weight is 1010 g/mol. The summed E-state index contributed by atoms with van der Waals surface area (Å²) in [6, 6.07) is 23.7. The number of allylic oxidation sites excluding steroid dienone is 1. The topological polar surface area (TPSA) is 225 Å². The lowest BCUT2D eigenvalue weighted by Gasteiger charge is -2.14. The summed E-state index contributed by atoms with van der Waals surface area (Å²) in [6.45, 7) is 22.5. The van der Waals surface area contributed by atoms with E-state index in [2.05, 4.69) is 109 Å². The predicted molar refractivity (Wildman–Crippen MR) is 295 cm³/mol. The number of halogens is 1. The van der Waals surface area contributed by atoms with Crippen LogP contribution in [0.15, 0.2) is 114 Å². The third kappa shape index (κ3) is 13.5. The van der Waals surface area contributed by atoms with Crippen LogP contribution >= 0.6 is 0 Å². The number of hydrogen-bond donors (Lipinski definition) is 6. The van der Waals surface area contributed by atoms with Gasteiger partial charge in [-0.05, 0) is 123 Å². The standard InChI is InChI=1S/C21H23FN2O.C21H21N3O3.C18H17N5/c1-13(2)20-17(8-7-16(24-20)10-11-21(4,5)25)15-6-9-19(22)18(12-15)14(3)23;1-12(2)17-15(9-8-13(22-17)10-11-21(3,4)27)14-6-5-7-16-18(14)23-20(26)24-19(16)25;1-11(2)18-14(6-7-16(21-18)17-10-20-23-22-17)13-8-12-4-3-5-15(12)19-9-13/h6-9,12-13,25H,3,23H2,1-2,4-5H3;5-9,12,27H,1-4H3,(H2,23,24,25,26);3-4,6-11H,5H2,1-2H3,(H,20,22,23). The van der Waals surface area contributed by atoms with Gasteiger partial charge in [0.25, 0.3) is 5.56 Å². The van der Waals surface area contributed by atoms with Crippen LogP contribution in [-0.4, -0.2) is 66.7 Å². The van der Waals surface area contributed by atoms with E-state index < -0.39 is 28.3 Å². The molecule has 0 fully saturated rings. The van der Waals surface area contributed by atoms with E-state index >= 15 is 0 Å². The molecule has 1 aliphatic carbocycles. The summed E-state index contributed by atoms with van der Waals surface area (Å²) in [5.41, 5.74) is 16.8. The Morgan fingerprint density at radius 3 is 1.91 bits per heavy atom. The Hall–Kier alpha value is -8.63. The third-order valence-corrected chi connectivity index (χ3v) is 11.7. The molecule has 0 aliphatic heterocycles. The number of nitrogens with two attached hydrogens (primary N) is 1. The van der Waals surface area contributed by atoms with E-state index in [1.165, 1.54) is 11.6 Å². The van der Waals surface area contributed by atoms with Crippen LogP contribution in [0.3, 0.4) is 0 Å². The molecule has 0 unspecified atom stereocenters. The fourth-order valence-electron chi connectivity index (χ4n) is 8.13. The number of nitrogens with zero attached hydrogens (tertiary/aromatic N) is 6. The van der Waals surface area contributed by atoms with E-state index in [1.54, 1.807) is 70.3 Å². The summed E-state index contributed by atoms with van der Waals surface area (Å²) in [5, 5.41) is 30.6. The Bertz CT molecular complexity index is 3700.